The molecule has 2 aromatic heterocycles. The largest absolute Gasteiger partial charge is 0.331 e. The lowest BCUT2D eigenvalue weighted by molar-refractivity contribution is 1.10. The van der Waals surface area contributed by atoms with E-state index in [0.717, 1.165) is 21.2 Å². The van der Waals surface area contributed by atoms with Crippen molar-refractivity contribution in [2.24, 2.45) is 0 Å². The molecule has 0 bridgehead atoms. The summed E-state index contributed by atoms with van der Waals surface area (Å²) in [5.74, 6) is 0. The van der Waals surface area contributed by atoms with E-state index < -0.39 is 0 Å². The van der Waals surface area contributed by atoms with Crippen LogP contribution >= 0.6 is 11.3 Å². The number of para-hydroxylation sites is 1. The Kier molecular flexibility index (Phi) is 1.89. The van der Waals surface area contributed by atoms with Crippen molar-refractivity contribution in [1.82, 2.24) is 15.2 Å². The van der Waals surface area contributed by atoms with Crippen molar-refractivity contribution in [3.05, 3.63) is 36.5 Å². The van der Waals surface area contributed by atoms with Crippen LogP contribution in [-0.2, 0) is 0 Å². The molecule has 15 heavy (non-hydrogen) atoms. The second kappa shape index (κ2) is 3.36. The summed E-state index contributed by atoms with van der Waals surface area (Å²) >= 11 is 1.58. The number of nitrogens with zero attached hydrogens (tertiary/aromatic N) is 2. The Hall–Kier alpha value is -1.88. The summed E-state index contributed by atoms with van der Waals surface area (Å²) in [4.78, 5) is 4.36. The number of hydrogen-bond acceptors (Lipinski definition) is 4. The summed E-state index contributed by atoms with van der Waals surface area (Å²) in [6.07, 6.45) is 1.78. The zero-order chi connectivity index (χ0) is 10.1. The van der Waals surface area contributed by atoms with E-state index in [1.807, 2.05) is 30.3 Å². The normalized spacial score (nSPS) is 10.7. The maximum absolute atomic E-state index is 4.36. The Morgan fingerprint density at radius 1 is 1.20 bits per heavy atom. The van der Waals surface area contributed by atoms with Crippen LogP contribution in [0, 0.1) is 0 Å². The van der Waals surface area contributed by atoms with Crippen molar-refractivity contribution < 1.29 is 0 Å². The number of rotatable bonds is 2. The smallest absolute Gasteiger partial charge is 0.189 e. The van der Waals surface area contributed by atoms with E-state index in [4.69, 9.17) is 0 Å². The standard InChI is InChI=1S/C10H8N4S/c1-2-4-7(5-3-1)12-10-13-9-8(15-10)6-11-14-9/h1-6H,(H2,11,12,13,14). The molecule has 0 atom stereocenters. The fourth-order valence-corrected chi connectivity index (χ4v) is 2.16. The fourth-order valence-electron chi connectivity index (χ4n) is 1.35. The van der Waals surface area contributed by atoms with Crippen molar-refractivity contribution in [3.63, 3.8) is 0 Å². The van der Waals surface area contributed by atoms with Gasteiger partial charge in [0.1, 0.15) is 0 Å². The summed E-state index contributed by atoms with van der Waals surface area (Å²) in [7, 11) is 0. The Morgan fingerprint density at radius 2 is 2.07 bits per heavy atom. The van der Waals surface area contributed by atoms with E-state index >= 15 is 0 Å². The average molecular weight is 216 g/mol. The zero-order valence-electron chi connectivity index (χ0n) is 7.77. The van der Waals surface area contributed by atoms with Crippen LogP contribution < -0.4 is 5.32 Å². The Labute approximate surface area is 90.0 Å². The van der Waals surface area contributed by atoms with Crippen LogP contribution in [0.15, 0.2) is 36.5 Å². The summed E-state index contributed by atoms with van der Waals surface area (Å²) in [5.41, 5.74) is 1.88. The van der Waals surface area contributed by atoms with Gasteiger partial charge in [0.2, 0.25) is 0 Å². The van der Waals surface area contributed by atoms with Crippen molar-refractivity contribution >= 4 is 32.5 Å². The lowest BCUT2D eigenvalue weighted by Gasteiger charge is -1.99. The third kappa shape index (κ3) is 1.57. The molecule has 3 rings (SSSR count). The Balaban J connectivity index is 1.93. The lowest BCUT2D eigenvalue weighted by Crippen LogP contribution is -1.87. The molecule has 0 aliphatic carbocycles. The van der Waals surface area contributed by atoms with E-state index in [0.29, 0.717) is 0 Å². The van der Waals surface area contributed by atoms with Gasteiger partial charge in [-0.25, -0.2) is 4.98 Å². The van der Waals surface area contributed by atoms with Gasteiger partial charge in [-0.15, -0.1) is 0 Å². The first-order chi connectivity index (χ1) is 7.42. The van der Waals surface area contributed by atoms with Crippen molar-refractivity contribution in [2.75, 3.05) is 5.32 Å². The monoisotopic (exact) mass is 216 g/mol. The van der Waals surface area contributed by atoms with E-state index in [9.17, 15) is 0 Å². The molecule has 3 aromatic rings. The molecule has 5 heteroatoms. The highest BCUT2D eigenvalue weighted by molar-refractivity contribution is 7.22. The number of hydrogen-bond donors (Lipinski definition) is 2. The first-order valence-corrected chi connectivity index (χ1v) is 5.35. The molecule has 0 aliphatic rings. The number of aromatic amines is 1. The van der Waals surface area contributed by atoms with Crippen LogP contribution in [0.2, 0.25) is 0 Å². The van der Waals surface area contributed by atoms with Gasteiger partial charge in [-0.1, -0.05) is 29.5 Å². The molecule has 0 amide bonds. The minimum Gasteiger partial charge on any atom is -0.331 e. The van der Waals surface area contributed by atoms with Crippen molar-refractivity contribution in [3.8, 4) is 0 Å². The summed E-state index contributed by atoms with van der Waals surface area (Å²) in [6, 6.07) is 9.98. The summed E-state index contributed by atoms with van der Waals surface area (Å²) in [5, 5.41) is 10.9. The van der Waals surface area contributed by atoms with Crippen LogP contribution in [0.4, 0.5) is 10.8 Å². The molecule has 4 nitrogen and oxygen atoms in total. The fraction of sp³-hybridized carbons (Fsp3) is 0. The van der Waals surface area contributed by atoms with Gasteiger partial charge in [0.05, 0.1) is 10.9 Å². The van der Waals surface area contributed by atoms with Gasteiger partial charge >= 0.3 is 0 Å². The number of fused-ring (bicyclic) bond motifs is 1. The van der Waals surface area contributed by atoms with Gasteiger partial charge in [0.15, 0.2) is 10.8 Å². The number of benzene rings is 1. The van der Waals surface area contributed by atoms with Gasteiger partial charge in [-0.05, 0) is 12.1 Å². The molecule has 0 saturated heterocycles. The quantitative estimate of drug-likeness (QED) is 0.692. The minimum absolute atomic E-state index is 0.832. The van der Waals surface area contributed by atoms with Gasteiger partial charge in [0, 0.05) is 5.69 Å². The highest BCUT2D eigenvalue weighted by Crippen LogP contribution is 2.26. The number of anilines is 2. The van der Waals surface area contributed by atoms with Crippen molar-refractivity contribution in [1.29, 1.82) is 0 Å². The number of H-pyrrole nitrogens is 1. The van der Waals surface area contributed by atoms with Crippen LogP contribution in [-0.4, -0.2) is 15.2 Å². The minimum atomic E-state index is 0.832. The molecule has 0 radical (unpaired) electrons. The molecule has 0 aliphatic heterocycles. The molecular formula is C10H8N4S. The highest BCUT2D eigenvalue weighted by atomic mass is 32.1. The van der Waals surface area contributed by atoms with Gasteiger partial charge in [-0.2, -0.15) is 5.10 Å². The first kappa shape index (κ1) is 8.43. The summed E-state index contributed by atoms with van der Waals surface area (Å²) in [6.45, 7) is 0. The average Bonchev–Trinajstić information content (AvgIpc) is 2.79. The Morgan fingerprint density at radius 3 is 2.87 bits per heavy atom. The van der Waals surface area contributed by atoms with Crippen LogP contribution in [0.1, 0.15) is 0 Å². The van der Waals surface area contributed by atoms with Gasteiger partial charge in [0.25, 0.3) is 0 Å². The highest BCUT2D eigenvalue weighted by Gasteiger charge is 2.04. The molecule has 2 N–H and O–H groups in total. The second-order valence-electron chi connectivity index (χ2n) is 3.09. The molecular weight excluding hydrogens is 208 g/mol. The van der Waals surface area contributed by atoms with Gasteiger partial charge < -0.3 is 5.32 Å². The SMILES string of the molecule is c1ccc(Nc2nc3[nH]ncc3s2)cc1. The molecule has 1 aromatic carbocycles. The molecule has 2 heterocycles. The first-order valence-electron chi connectivity index (χ1n) is 4.54. The van der Waals surface area contributed by atoms with Crippen LogP contribution in [0.25, 0.3) is 10.3 Å². The second-order valence-corrected chi connectivity index (χ2v) is 4.12. The topological polar surface area (TPSA) is 53.6 Å². The predicted octanol–water partition coefficient (Wildman–Crippen LogP) is 2.76. The van der Waals surface area contributed by atoms with E-state index in [1.165, 1.54) is 0 Å². The zero-order valence-corrected chi connectivity index (χ0v) is 8.58. The van der Waals surface area contributed by atoms with E-state index in [2.05, 4.69) is 20.5 Å². The van der Waals surface area contributed by atoms with Crippen LogP contribution in [0.3, 0.4) is 0 Å². The maximum atomic E-state index is 4.36. The molecule has 74 valence electrons. The number of thiazole rings is 1. The van der Waals surface area contributed by atoms with E-state index in [-0.39, 0.29) is 0 Å². The lowest BCUT2D eigenvalue weighted by atomic mass is 10.3. The van der Waals surface area contributed by atoms with Crippen molar-refractivity contribution in [2.45, 2.75) is 0 Å². The predicted molar refractivity (Wildman–Crippen MR) is 61.5 cm³/mol. The molecule has 0 fully saturated rings. The third-order valence-electron chi connectivity index (χ3n) is 2.03. The van der Waals surface area contributed by atoms with Gasteiger partial charge in [-0.3, -0.25) is 5.10 Å². The Bertz CT molecular complexity index is 541. The molecule has 0 saturated carbocycles. The number of nitrogens with one attached hydrogen (secondary N) is 2. The molecule has 0 unspecified atom stereocenters. The number of aromatic nitrogens is 3. The van der Waals surface area contributed by atoms with E-state index in [1.54, 1.807) is 17.5 Å². The molecule has 0 spiro atoms. The summed E-state index contributed by atoms with van der Waals surface area (Å²) < 4.78 is 1.06. The van der Waals surface area contributed by atoms with Crippen LogP contribution in [0.5, 0.6) is 0 Å². The maximum Gasteiger partial charge on any atom is 0.189 e. The third-order valence-corrected chi connectivity index (χ3v) is 2.94.